The minimum Gasteiger partial charge on any atom is -0.756 e. The van der Waals surface area contributed by atoms with Crippen molar-refractivity contribution in [1.82, 2.24) is 5.32 Å². The highest BCUT2D eigenvalue weighted by Crippen LogP contribution is 2.38. The van der Waals surface area contributed by atoms with Gasteiger partial charge < -0.3 is 28.5 Å². The number of amides is 1. The molecule has 506 valence electrons. The first-order valence-corrected chi connectivity index (χ1v) is 38.9. The number of nitrogens with one attached hydrogen (secondary N) is 1. The SMILES string of the molecule is CCCCC/C=C\C/C=C\CCCCCCCCCCCCCC(=O)OC(/C=C\CCCCCCCCCCCC)C(COP(=O)([O-])OCC[N+](C)(C)C)NC(=O)CCCCCCCCCCCCCCCCCCC/C=C/CCCCCCCC. The van der Waals surface area contributed by atoms with Gasteiger partial charge in [0.2, 0.25) is 5.91 Å². The zero-order valence-electron chi connectivity index (χ0n) is 58.0. The number of quaternary nitrogens is 1. The van der Waals surface area contributed by atoms with Crippen LogP contribution in [-0.2, 0) is 27.9 Å². The van der Waals surface area contributed by atoms with E-state index in [9.17, 15) is 19.0 Å². The van der Waals surface area contributed by atoms with Crippen LogP contribution in [0.15, 0.2) is 48.6 Å². The highest BCUT2D eigenvalue weighted by atomic mass is 31.2. The van der Waals surface area contributed by atoms with Gasteiger partial charge in [-0.1, -0.05) is 320 Å². The monoisotopic (exact) mass is 1230 g/mol. The summed E-state index contributed by atoms with van der Waals surface area (Å²) in [7, 11) is 1.20. The fourth-order valence-electron chi connectivity index (χ4n) is 11.2. The first kappa shape index (κ1) is 84.0. The molecule has 1 N–H and O–H groups in total. The second-order valence-electron chi connectivity index (χ2n) is 26.8. The highest BCUT2D eigenvalue weighted by molar-refractivity contribution is 7.45. The molecule has 0 saturated carbocycles. The summed E-state index contributed by atoms with van der Waals surface area (Å²) in [5.41, 5.74) is 0. The fraction of sp³-hybridized carbons (Fsp3) is 0.868. The number of esters is 1. The van der Waals surface area contributed by atoms with Crippen LogP contribution in [0.5, 0.6) is 0 Å². The van der Waals surface area contributed by atoms with Crippen LogP contribution < -0.4 is 10.2 Å². The molecule has 0 heterocycles. The number of likely N-dealkylation sites (N-methyl/N-ethyl adjacent to an activating group) is 1. The van der Waals surface area contributed by atoms with Crippen molar-refractivity contribution in [3.05, 3.63) is 48.6 Å². The Morgan fingerprint density at radius 1 is 0.407 bits per heavy atom. The maximum absolute atomic E-state index is 13.6. The van der Waals surface area contributed by atoms with Gasteiger partial charge in [0.1, 0.15) is 19.3 Å². The number of carbonyl (C=O) groups excluding carboxylic acids is 2. The minimum atomic E-state index is -4.70. The molecular formula is C76H145N2O7P. The lowest BCUT2D eigenvalue weighted by Crippen LogP contribution is -2.47. The van der Waals surface area contributed by atoms with Crippen molar-refractivity contribution in [3.8, 4) is 0 Å². The number of hydrogen-bond donors (Lipinski definition) is 1. The number of hydrogen-bond acceptors (Lipinski definition) is 7. The van der Waals surface area contributed by atoms with Crippen LogP contribution in [0, 0.1) is 0 Å². The summed E-state index contributed by atoms with van der Waals surface area (Å²) in [6.07, 6.45) is 83.9. The predicted molar refractivity (Wildman–Crippen MR) is 372 cm³/mol. The quantitative estimate of drug-likeness (QED) is 0.0212. The molecular weight excluding hydrogens is 1080 g/mol. The van der Waals surface area contributed by atoms with Gasteiger partial charge in [0.05, 0.1) is 33.8 Å². The van der Waals surface area contributed by atoms with E-state index in [-0.39, 0.29) is 31.5 Å². The standard InChI is InChI=1S/C76H145N2O7P/c1-7-10-13-16-19-22-25-28-30-32-34-36-37-38-39-40-41-43-44-46-48-50-53-56-59-62-65-68-75(79)77-73(72-84-86(81,82)83-71-70-78(4,5)6)74(67-64-61-58-55-52-27-24-21-18-15-12-9-3)85-76(80)69-66-63-60-57-54-51-49-47-45-42-35-33-31-29-26-23-20-17-14-11-8-2/h20,23,28-31,64,67,73-74H,7-19,21-22,24-27,32-63,65-66,68-72H2,1-6H3,(H-,77,79,81,82)/b23-20-,30-28+,31-29-,67-64-. The molecule has 0 aromatic heterocycles. The van der Waals surface area contributed by atoms with Crippen molar-refractivity contribution >= 4 is 19.7 Å². The summed E-state index contributed by atoms with van der Waals surface area (Å²) < 4.78 is 30.5. The van der Waals surface area contributed by atoms with E-state index in [4.69, 9.17) is 13.8 Å². The van der Waals surface area contributed by atoms with Gasteiger partial charge in [-0.05, 0) is 89.5 Å². The third kappa shape index (κ3) is 66.4. The Labute approximate surface area is 535 Å². The number of allylic oxidation sites excluding steroid dienone is 7. The molecule has 0 rings (SSSR count). The Balaban J connectivity index is 4.96. The molecule has 3 atom stereocenters. The molecule has 0 saturated heterocycles. The second-order valence-corrected chi connectivity index (χ2v) is 28.2. The van der Waals surface area contributed by atoms with Crippen molar-refractivity contribution in [3.63, 3.8) is 0 Å². The van der Waals surface area contributed by atoms with Crippen LogP contribution in [0.1, 0.15) is 374 Å². The molecule has 0 aliphatic heterocycles. The van der Waals surface area contributed by atoms with E-state index in [0.29, 0.717) is 17.4 Å². The van der Waals surface area contributed by atoms with Crippen molar-refractivity contribution in [2.75, 3.05) is 40.9 Å². The number of carbonyl (C=O) groups is 2. The van der Waals surface area contributed by atoms with E-state index < -0.39 is 20.0 Å². The van der Waals surface area contributed by atoms with Crippen LogP contribution in [0.4, 0.5) is 0 Å². The van der Waals surface area contributed by atoms with Gasteiger partial charge in [-0.2, -0.15) is 0 Å². The molecule has 0 aliphatic carbocycles. The van der Waals surface area contributed by atoms with Crippen molar-refractivity contribution < 1.29 is 37.3 Å². The van der Waals surface area contributed by atoms with Crippen LogP contribution in [0.2, 0.25) is 0 Å². The predicted octanol–water partition coefficient (Wildman–Crippen LogP) is 23.3. The molecule has 0 bridgehead atoms. The lowest BCUT2D eigenvalue weighted by atomic mass is 10.0. The van der Waals surface area contributed by atoms with E-state index in [1.54, 1.807) is 0 Å². The minimum absolute atomic E-state index is 0.0207. The van der Waals surface area contributed by atoms with Crippen molar-refractivity contribution in [2.45, 2.75) is 386 Å². The van der Waals surface area contributed by atoms with E-state index in [2.05, 4.69) is 62.5 Å². The van der Waals surface area contributed by atoms with Crippen LogP contribution >= 0.6 is 7.82 Å². The first-order chi connectivity index (χ1) is 41.9. The molecule has 0 aromatic carbocycles. The highest BCUT2D eigenvalue weighted by Gasteiger charge is 2.27. The number of rotatable bonds is 69. The topological polar surface area (TPSA) is 114 Å². The summed E-state index contributed by atoms with van der Waals surface area (Å²) in [6, 6.07) is -0.888. The average Bonchev–Trinajstić information content (AvgIpc) is 3.69. The van der Waals surface area contributed by atoms with E-state index >= 15 is 0 Å². The Morgan fingerprint density at radius 3 is 1.08 bits per heavy atom. The molecule has 0 aliphatic rings. The van der Waals surface area contributed by atoms with E-state index in [1.165, 1.54) is 276 Å². The largest absolute Gasteiger partial charge is 0.756 e. The first-order valence-electron chi connectivity index (χ1n) is 37.4. The van der Waals surface area contributed by atoms with Gasteiger partial charge in [0, 0.05) is 12.8 Å². The molecule has 0 fully saturated rings. The molecule has 0 aromatic rings. The lowest BCUT2D eigenvalue weighted by Gasteiger charge is -2.30. The Bertz CT molecular complexity index is 1610. The van der Waals surface area contributed by atoms with E-state index in [0.717, 1.165) is 64.2 Å². The fourth-order valence-corrected chi connectivity index (χ4v) is 11.9. The number of unbranched alkanes of at least 4 members (excludes halogenated alkanes) is 47. The van der Waals surface area contributed by atoms with Crippen LogP contribution in [-0.4, -0.2) is 69.4 Å². The second kappa shape index (κ2) is 65.9. The molecule has 86 heavy (non-hydrogen) atoms. The average molecular weight is 1230 g/mol. The van der Waals surface area contributed by atoms with Crippen LogP contribution in [0.25, 0.3) is 0 Å². The summed E-state index contributed by atoms with van der Waals surface area (Å²) >= 11 is 0. The summed E-state index contributed by atoms with van der Waals surface area (Å²) in [4.78, 5) is 40.2. The summed E-state index contributed by atoms with van der Waals surface area (Å²) in [5.74, 6) is -0.525. The van der Waals surface area contributed by atoms with E-state index in [1.807, 2.05) is 33.3 Å². The summed E-state index contributed by atoms with van der Waals surface area (Å²) in [6.45, 7) is 6.87. The van der Waals surface area contributed by atoms with Gasteiger partial charge in [-0.3, -0.25) is 14.2 Å². The maximum atomic E-state index is 13.6. The molecule has 1 amide bonds. The molecule has 0 radical (unpaired) electrons. The Hall–Kier alpha value is -2.03. The van der Waals surface area contributed by atoms with Gasteiger partial charge in [-0.15, -0.1) is 0 Å². The summed E-state index contributed by atoms with van der Waals surface area (Å²) in [5, 5.41) is 3.05. The number of phosphoric acid groups is 1. The Morgan fingerprint density at radius 2 is 0.709 bits per heavy atom. The normalized spacial score (nSPS) is 13.7. The molecule has 9 nitrogen and oxygen atoms in total. The number of nitrogens with zero attached hydrogens (tertiary/aromatic N) is 1. The van der Waals surface area contributed by atoms with Crippen molar-refractivity contribution in [1.29, 1.82) is 0 Å². The van der Waals surface area contributed by atoms with Gasteiger partial charge >= 0.3 is 5.97 Å². The van der Waals surface area contributed by atoms with Gasteiger partial charge in [-0.25, -0.2) is 0 Å². The number of phosphoric ester groups is 1. The Kier molecular flexibility index (Phi) is 64.4. The molecule has 10 heteroatoms. The smallest absolute Gasteiger partial charge is 0.306 e. The van der Waals surface area contributed by atoms with Gasteiger partial charge in [0.15, 0.2) is 0 Å². The molecule has 3 unspecified atom stereocenters. The third-order valence-corrected chi connectivity index (χ3v) is 17.9. The zero-order valence-corrected chi connectivity index (χ0v) is 58.9. The van der Waals surface area contributed by atoms with Crippen LogP contribution in [0.3, 0.4) is 0 Å². The lowest BCUT2D eigenvalue weighted by molar-refractivity contribution is -0.870. The number of ether oxygens (including phenoxy) is 1. The van der Waals surface area contributed by atoms with Crippen molar-refractivity contribution in [2.24, 2.45) is 0 Å². The maximum Gasteiger partial charge on any atom is 0.306 e. The molecule has 0 spiro atoms. The zero-order chi connectivity index (χ0) is 62.8. The third-order valence-electron chi connectivity index (χ3n) is 17.0. The van der Waals surface area contributed by atoms with Gasteiger partial charge in [0.25, 0.3) is 7.82 Å².